The van der Waals surface area contributed by atoms with Crippen molar-refractivity contribution in [3.8, 4) is 17.6 Å². The molecule has 0 saturated heterocycles. The summed E-state index contributed by atoms with van der Waals surface area (Å²) in [5, 5.41) is 17.8. The molecule has 0 bridgehead atoms. The zero-order valence-electron chi connectivity index (χ0n) is 21.6. The second-order valence-electron chi connectivity index (χ2n) is 9.72. The van der Waals surface area contributed by atoms with Crippen molar-refractivity contribution in [2.45, 2.75) is 53.1 Å². The molecule has 1 aliphatic heterocycles. The highest BCUT2D eigenvalue weighted by Crippen LogP contribution is 2.39. The normalized spacial score (nSPS) is 12.8. The SMILES string of the molecule is Br.CCOc1cc2c(c(F)c1OCC)C(=N)N(CC(=O)c1cc(C(C)(C)C)c3ncn(CC#N)c3c1)C2. The average Bonchev–Trinajstić information content (AvgIpc) is 3.36. The number of fused-ring (bicyclic) bond motifs is 2. The Morgan fingerprint density at radius 1 is 1.22 bits per heavy atom. The Labute approximate surface area is 226 Å². The maximum atomic E-state index is 15.4. The van der Waals surface area contributed by atoms with Gasteiger partial charge in [0, 0.05) is 12.1 Å². The van der Waals surface area contributed by atoms with Crippen LogP contribution >= 0.6 is 17.0 Å². The van der Waals surface area contributed by atoms with Gasteiger partial charge in [0.15, 0.2) is 23.1 Å². The topological polar surface area (TPSA) is 104 Å². The van der Waals surface area contributed by atoms with Crippen molar-refractivity contribution in [1.29, 1.82) is 10.7 Å². The second-order valence-corrected chi connectivity index (χ2v) is 9.72. The van der Waals surface area contributed by atoms with Crippen LogP contribution in [0.25, 0.3) is 11.0 Å². The summed E-state index contributed by atoms with van der Waals surface area (Å²) in [5.41, 5.74) is 3.24. The zero-order chi connectivity index (χ0) is 26.2. The van der Waals surface area contributed by atoms with E-state index in [1.54, 1.807) is 41.8 Å². The monoisotopic (exact) mass is 571 g/mol. The van der Waals surface area contributed by atoms with Crippen molar-refractivity contribution >= 4 is 39.6 Å². The quantitative estimate of drug-likeness (QED) is 0.363. The number of nitrogens with zero attached hydrogens (tertiary/aromatic N) is 4. The molecule has 10 heteroatoms. The summed E-state index contributed by atoms with van der Waals surface area (Å²) in [7, 11) is 0. The number of halogens is 2. The molecule has 196 valence electrons. The highest BCUT2D eigenvalue weighted by atomic mass is 79.9. The van der Waals surface area contributed by atoms with E-state index >= 15 is 4.39 Å². The molecular weight excluding hydrogens is 541 g/mol. The molecule has 1 N–H and O–H groups in total. The molecule has 2 aromatic carbocycles. The Hall–Kier alpha value is -3.45. The van der Waals surface area contributed by atoms with Crippen molar-refractivity contribution in [3.05, 3.63) is 52.6 Å². The number of nitriles is 1. The molecule has 1 aliphatic rings. The molecule has 4 rings (SSSR count). The van der Waals surface area contributed by atoms with Crippen molar-refractivity contribution in [1.82, 2.24) is 14.5 Å². The summed E-state index contributed by atoms with van der Waals surface area (Å²) in [4.78, 5) is 19.5. The molecule has 3 aromatic rings. The lowest BCUT2D eigenvalue weighted by Gasteiger charge is -2.22. The molecule has 0 aliphatic carbocycles. The van der Waals surface area contributed by atoms with Gasteiger partial charge in [-0.1, -0.05) is 20.8 Å². The zero-order valence-corrected chi connectivity index (χ0v) is 23.4. The van der Waals surface area contributed by atoms with E-state index in [4.69, 9.17) is 14.9 Å². The summed E-state index contributed by atoms with van der Waals surface area (Å²) >= 11 is 0. The number of benzene rings is 2. The smallest absolute Gasteiger partial charge is 0.197 e. The number of hydrogen-bond acceptors (Lipinski definition) is 6. The summed E-state index contributed by atoms with van der Waals surface area (Å²) in [6.07, 6.45) is 1.61. The van der Waals surface area contributed by atoms with Gasteiger partial charge in [-0.05, 0) is 48.6 Å². The minimum Gasteiger partial charge on any atom is -0.490 e. The van der Waals surface area contributed by atoms with Crippen LogP contribution in [0.15, 0.2) is 24.5 Å². The van der Waals surface area contributed by atoms with Gasteiger partial charge in [-0.3, -0.25) is 10.2 Å². The standard InChI is InChI=1S/C27H30FN5O3.BrH/c1-6-35-21-12-17-13-33(26(30)22(17)23(28)25(21)36-7-2)14-20(34)16-10-18(27(3,4)5)24-19(11-16)32(9-8-29)15-31-24;/h10-12,15,30H,6-7,9,13-14H2,1-5H3;1H. The fraction of sp³-hybridized carbons (Fsp3) is 0.407. The Bertz CT molecular complexity index is 1400. The Balaban J connectivity index is 0.00000380. The second kappa shape index (κ2) is 10.9. The van der Waals surface area contributed by atoms with Crippen LogP contribution < -0.4 is 9.47 Å². The number of Topliss-reactive ketones (excluding diaryl/α,β-unsaturated/α-hetero) is 1. The maximum absolute atomic E-state index is 15.4. The first-order valence-electron chi connectivity index (χ1n) is 11.9. The lowest BCUT2D eigenvalue weighted by Crippen LogP contribution is -2.30. The highest BCUT2D eigenvalue weighted by Gasteiger charge is 2.33. The van der Waals surface area contributed by atoms with Gasteiger partial charge in [0.2, 0.25) is 0 Å². The molecule has 0 atom stereocenters. The number of carbonyl (C=O) groups is 1. The minimum atomic E-state index is -0.644. The largest absolute Gasteiger partial charge is 0.490 e. The number of rotatable bonds is 8. The van der Waals surface area contributed by atoms with Gasteiger partial charge >= 0.3 is 0 Å². The van der Waals surface area contributed by atoms with Gasteiger partial charge in [-0.15, -0.1) is 17.0 Å². The van der Waals surface area contributed by atoms with Crippen LogP contribution in [0.5, 0.6) is 11.5 Å². The van der Waals surface area contributed by atoms with Crippen LogP contribution in [0, 0.1) is 22.6 Å². The summed E-state index contributed by atoms with van der Waals surface area (Å²) < 4.78 is 28.1. The van der Waals surface area contributed by atoms with Crippen LogP contribution in [-0.4, -0.2) is 45.8 Å². The fourth-order valence-corrected chi connectivity index (χ4v) is 4.52. The molecule has 0 spiro atoms. The number of aromatic nitrogens is 2. The first-order chi connectivity index (χ1) is 17.1. The van der Waals surface area contributed by atoms with Gasteiger partial charge in [-0.25, -0.2) is 9.37 Å². The summed E-state index contributed by atoms with van der Waals surface area (Å²) in [6, 6.07) is 7.39. The summed E-state index contributed by atoms with van der Waals surface area (Å²) in [6.45, 7) is 10.5. The molecule has 8 nitrogen and oxygen atoms in total. The molecule has 1 aromatic heterocycles. The number of hydrogen-bond donors (Lipinski definition) is 1. The Morgan fingerprint density at radius 2 is 1.92 bits per heavy atom. The Morgan fingerprint density at radius 3 is 2.54 bits per heavy atom. The van der Waals surface area contributed by atoms with Gasteiger partial charge in [0.25, 0.3) is 0 Å². The van der Waals surface area contributed by atoms with E-state index in [0.717, 1.165) is 11.1 Å². The maximum Gasteiger partial charge on any atom is 0.197 e. The van der Waals surface area contributed by atoms with Crippen LogP contribution in [0.2, 0.25) is 0 Å². The molecular formula is C27H31BrFN5O3. The minimum absolute atomic E-state index is 0. The van der Waals surface area contributed by atoms with E-state index in [2.05, 4.69) is 11.1 Å². The number of amidine groups is 1. The van der Waals surface area contributed by atoms with E-state index in [1.165, 1.54) is 0 Å². The van der Waals surface area contributed by atoms with Crippen molar-refractivity contribution in [2.24, 2.45) is 0 Å². The molecule has 0 saturated carbocycles. The first kappa shape index (κ1) is 28.1. The number of carbonyl (C=O) groups excluding carboxylic acids is 1. The number of ketones is 1. The molecule has 37 heavy (non-hydrogen) atoms. The van der Waals surface area contributed by atoms with E-state index in [-0.39, 0.29) is 71.6 Å². The highest BCUT2D eigenvalue weighted by molar-refractivity contribution is 8.93. The third kappa shape index (κ3) is 5.18. The van der Waals surface area contributed by atoms with E-state index in [9.17, 15) is 10.1 Å². The van der Waals surface area contributed by atoms with E-state index in [1.807, 2.05) is 26.8 Å². The third-order valence-corrected chi connectivity index (χ3v) is 6.20. The first-order valence-corrected chi connectivity index (χ1v) is 11.9. The molecule has 0 fully saturated rings. The summed E-state index contributed by atoms with van der Waals surface area (Å²) in [5.74, 6) is -0.633. The molecule has 0 amide bonds. The van der Waals surface area contributed by atoms with Crippen LogP contribution in [-0.2, 0) is 18.5 Å². The molecule has 0 radical (unpaired) electrons. The van der Waals surface area contributed by atoms with E-state index < -0.39 is 5.82 Å². The lowest BCUT2D eigenvalue weighted by atomic mass is 9.84. The molecule has 2 heterocycles. The van der Waals surface area contributed by atoms with Crippen molar-refractivity contribution < 1.29 is 18.7 Å². The third-order valence-electron chi connectivity index (χ3n) is 6.20. The predicted molar refractivity (Wildman–Crippen MR) is 145 cm³/mol. The Kier molecular flexibility index (Phi) is 8.28. The van der Waals surface area contributed by atoms with Gasteiger partial charge < -0.3 is 18.9 Å². The van der Waals surface area contributed by atoms with Crippen LogP contribution in [0.4, 0.5) is 4.39 Å². The van der Waals surface area contributed by atoms with Gasteiger partial charge in [0.05, 0.1) is 48.8 Å². The van der Waals surface area contributed by atoms with E-state index in [0.29, 0.717) is 29.0 Å². The predicted octanol–water partition coefficient (Wildman–Crippen LogP) is 5.40. The lowest BCUT2D eigenvalue weighted by molar-refractivity contribution is 0.0962. The van der Waals surface area contributed by atoms with Gasteiger partial charge in [-0.2, -0.15) is 5.26 Å². The number of ether oxygens (including phenoxy) is 2. The van der Waals surface area contributed by atoms with Gasteiger partial charge in [0.1, 0.15) is 12.4 Å². The number of imidazole rings is 1. The van der Waals surface area contributed by atoms with Crippen LogP contribution in [0.3, 0.4) is 0 Å². The average molecular weight is 572 g/mol. The number of nitrogens with one attached hydrogen (secondary N) is 1. The molecule has 0 unspecified atom stereocenters. The van der Waals surface area contributed by atoms with Crippen molar-refractivity contribution in [2.75, 3.05) is 19.8 Å². The van der Waals surface area contributed by atoms with Crippen molar-refractivity contribution in [3.63, 3.8) is 0 Å². The van der Waals surface area contributed by atoms with Crippen LogP contribution in [0.1, 0.15) is 61.7 Å². The fourth-order valence-electron chi connectivity index (χ4n) is 4.52.